The summed E-state index contributed by atoms with van der Waals surface area (Å²) in [6.45, 7) is 7.45. The minimum Gasteiger partial charge on any atom is -0.328 e. The number of carbonyl (C=O) groups excluding carboxylic acids is 1. The third kappa shape index (κ3) is 7.26. The van der Waals surface area contributed by atoms with Gasteiger partial charge in [0, 0.05) is 18.9 Å². The van der Waals surface area contributed by atoms with E-state index >= 15 is 0 Å². The summed E-state index contributed by atoms with van der Waals surface area (Å²) in [5, 5.41) is 0. The first kappa shape index (κ1) is 10.4. The van der Waals surface area contributed by atoms with Gasteiger partial charge < -0.3 is 5.73 Å². The number of hydrogen-bond donors (Lipinski definition) is 1. The van der Waals surface area contributed by atoms with Crippen molar-refractivity contribution in [2.45, 2.75) is 39.2 Å². The fraction of sp³-hybridized carbons (Fsp3) is 0.667. The van der Waals surface area contributed by atoms with E-state index in [9.17, 15) is 4.79 Å². The largest absolute Gasteiger partial charge is 0.328 e. The fourth-order valence-corrected chi connectivity index (χ4v) is 0.814. The molecule has 0 aromatic carbocycles. The van der Waals surface area contributed by atoms with E-state index in [0.717, 1.165) is 12.0 Å². The van der Waals surface area contributed by atoms with Gasteiger partial charge in [0.05, 0.1) is 0 Å². The van der Waals surface area contributed by atoms with Crippen LogP contribution in [0, 0.1) is 0 Å². The van der Waals surface area contributed by atoms with Crippen molar-refractivity contribution in [3.05, 3.63) is 12.2 Å². The maximum atomic E-state index is 11.0. The molecule has 1 unspecified atom stereocenters. The van der Waals surface area contributed by atoms with Crippen LogP contribution >= 0.6 is 0 Å². The molecule has 0 bridgehead atoms. The molecule has 0 amide bonds. The Kier molecular flexibility index (Phi) is 4.79. The van der Waals surface area contributed by atoms with E-state index < -0.39 is 0 Å². The Bertz CT molecular complexity index is 150. The van der Waals surface area contributed by atoms with Crippen LogP contribution in [-0.2, 0) is 4.79 Å². The summed E-state index contributed by atoms with van der Waals surface area (Å²) in [4.78, 5) is 11.0. The SMILES string of the molecule is C=C(C)CC(=O)CCC(C)N. The lowest BCUT2D eigenvalue weighted by atomic mass is 10.1. The molecule has 2 nitrogen and oxygen atoms in total. The van der Waals surface area contributed by atoms with Gasteiger partial charge in [-0.2, -0.15) is 0 Å². The molecule has 0 radical (unpaired) electrons. The molecular formula is C9H17NO. The lowest BCUT2D eigenvalue weighted by Gasteiger charge is -2.03. The summed E-state index contributed by atoms with van der Waals surface area (Å²) >= 11 is 0. The maximum Gasteiger partial charge on any atom is 0.136 e. The number of rotatable bonds is 5. The summed E-state index contributed by atoms with van der Waals surface area (Å²) < 4.78 is 0. The molecule has 0 saturated heterocycles. The second kappa shape index (κ2) is 5.08. The van der Waals surface area contributed by atoms with E-state index in [1.807, 2.05) is 13.8 Å². The average Bonchev–Trinajstić information content (AvgIpc) is 1.82. The summed E-state index contributed by atoms with van der Waals surface area (Å²) in [7, 11) is 0. The van der Waals surface area contributed by atoms with E-state index in [2.05, 4.69) is 6.58 Å². The van der Waals surface area contributed by atoms with Crippen molar-refractivity contribution in [2.75, 3.05) is 0 Å². The average molecular weight is 155 g/mol. The van der Waals surface area contributed by atoms with E-state index in [1.54, 1.807) is 0 Å². The zero-order valence-electron chi connectivity index (χ0n) is 7.39. The Morgan fingerprint density at radius 2 is 2.18 bits per heavy atom. The van der Waals surface area contributed by atoms with Gasteiger partial charge in [-0.15, -0.1) is 0 Å². The number of Topliss-reactive ketones (excluding diaryl/α,β-unsaturated/α-hetero) is 1. The smallest absolute Gasteiger partial charge is 0.136 e. The quantitative estimate of drug-likeness (QED) is 0.613. The molecule has 0 fully saturated rings. The normalized spacial score (nSPS) is 12.6. The molecule has 0 aromatic rings. The molecule has 0 spiro atoms. The highest BCUT2D eigenvalue weighted by Gasteiger charge is 2.03. The second-order valence-electron chi connectivity index (χ2n) is 3.19. The minimum atomic E-state index is 0.129. The molecule has 2 heteroatoms. The summed E-state index contributed by atoms with van der Waals surface area (Å²) in [5.74, 6) is 0.245. The first-order chi connectivity index (χ1) is 5.02. The van der Waals surface area contributed by atoms with Crippen molar-refractivity contribution in [3.8, 4) is 0 Å². The van der Waals surface area contributed by atoms with Gasteiger partial charge in [-0.1, -0.05) is 12.2 Å². The van der Waals surface area contributed by atoms with E-state index in [0.29, 0.717) is 12.8 Å². The van der Waals surface area contributed by atoms with Gasteiger partial charge in [0.25, 0.3) is 0 Å². The molecule has 11 heavy (non-hydrogen) atoms. The van der Waals surface area contributed by atoms with Gasteiger partial charge in [-0.3, -0.25) is 4.79 Å². The number of nitrogens with two attached hydrogens (primary N) is 1. The Labute approximate surface area is 68.5 Å². The van der Waals surface area contributed by atoms with Crippen LogP contribution in [0.3, 0.4) is 0 Å². The number of ketones is 1. The van der Waals surface area contributed by atoms with Crippen LogP contribution in [-0.4, -0.2) is 11.8 Å². The van der Waals surface area contributed by atoms with Gasteiger partial charge >= 0.3 is 0 Å². The molecule has 0 aliphatic rings. The van der Waals surface area contributed by atoms with Crippen molar-refractivity contribution in [2.24, 2.45) is 5.73 Å². The Morgan fingerprint density at radius 3 is 2.55 bits per heavy atom. The van der Waals surface area contributed by atoms with Crippen molar-refractivity contribution >= 4 is 5.78 Å². The second-order valence-corrected chi connectivity index (χ2v) is 3.19. The lowest BCUT2D eigenvalue weighted by Crippen LogP contribution is -2.16. The highest BCUT2D eigenvalue weighted by molar-refractivity contribution is 5.80. The van der Waals surface area contributed by atoms with Gasteiger partial charge in [-0.25, -0.2) is 0 Å². The predicted octanol–water partition coefficient (Wildman–Crippen LogP) is 1.65. The van der Waals surface area contributed by atoms with Crippen LogP contribution in [0.2, 0.25) is 0 Å². The molecule has 0 saturated carbocycles. The highest BCUT2D eigenvalue weighted by atomic mass is 16.1. The summed E-state index contributed by atoms with van der Waals surface area (Å²) in [6.07, 6.45) is 1.88. The van der Waals surface area contributed by atoms with Crippen molar-refractivity contribution < 1.29 is 4.79 Å². The molecule has 0 aliphatic carbocycles. The summed E-state index contributed by atoms with van der Waals surface area (Å²) in [5.41, 5.74) is 6.43. The van der Waals surface area contributed by atoms with Crippen molar-refractivity contribution in [1.29, 1.82) is 0 Å². The topological polar surface area (TPSA) is 43.1 Å². The number of carbonyl (C=O) groups is 1. The van der Waals surface area contributed by atoms with E-state index in [4.69, 9.17) is 5.73 Å². The molecule has 0 rings (SSSR count). The van der Waals surface area contributed by atoms with Gasteiger partial charge in [0.1, 0.15) is 5.78 Å². The third-order valence-corrected chi connectivity index (χ3v) is 1.38. The van der Waals surface area contributed by atoms with Crippen LogP contribution < -0.4 is 5.73 Å². The third-order valence-electron chi connectivity index (χ3n) is 1.38. The first-order valence-corrected chi connectivity index (χ1v) is 3.94. The zero-order chi connectivity index (χ0) is 8.85. The molecule has 0 aromatic heterocycles. The highest BCUT2D eigenvalue weighted by Crippen LogP contribution is 2.03. The number of hydrogen-bond acceptors (Lipinski definition) is 2. The minimum absolute atomic E-state index is 0.129. The van der Waals surface area contributed by atoms with E-state index in [1.165, 1.54) is 0 Å². The van der Waals surface area contributed by atoms with Gasteiger partial charge in [0.15, 0.2) is 0 Å². The molecule has 1 atom stereocenters. The van der Waals surface area contributed by atoms with E-state index in [-0.39, 0.29) is 11.8 Å². The van der Waals surface area contributed by atoms with Crippen molar-refractivity contribution in [1.82, 2.24) is 0 Å². The predicted molar refractivity (Wildman–Crippen MR) is 47.3 cm³/mol. The van der Waals surface area contributed by atoms with Gasteiger partial charge in [0.2, 0.25) is 0 Å². The molecular weight excluding hydrogens is 138 g/mol. The summed E-state index contributed by atoms with van der Waals surface area (Å²) in [6, 6.07) is 0.129. The first-order valence-electron chi connectivity index (χ1n) is 3.94. The Morgan fingerprint density at radius 1 is 1.64 bits per heavy atom. The molecule has 2 N–H and O–H groups in total. The monoisotopic (exact) mass is 155 g/mol. The standard InChI is InChI=1S/C9H17NO/c1-7(2)6-9(11)5-4-8(3)10/h8H,1,4-6,10H2,2-3H3. The molecule has 0 aliphatic heterocycles. The van der Waals surface area contributed by atoms with Crippen LogP contribution in [0.5, 0.6) is 0 Å². The Balaban J connectivity index is 3.46. The maximum absolute atomic E-state index is 11.0. The lowest BCUT2D eigenvalue weighted by molar-refractivity contribution is -0.118. The van der Waals surface area contributed by atoms with Crippen LogP contribution in [0.1, 0.15) is 33.1 Å². The fourth-order valence-electron chi connectivity index (χ4n) is 0.814. The van der Waals surface area contributed by atoms with Gasteiger partial charge in [-0.05, 0) is 20.3 Å². The number of allylic oxidation sites excluding steroid dienone is 1. The zero-order valence-corrected chi connectivity index (χ0v) is 7.39. The van der Waals surface area contributed by atoms with Crippen LogP contribution in [0.25, 0.3) is 0 Å². The Hall–Kier alpha value is -0.630. The van der Waals surface area contributed by atoms with Crippen LogP contribution in [0.15, 0.2) is 12.2 Å². The molecule has 64 valence electrons. The van der Waals surface area contributed by atoms with Crippen molar-refractivity contribution in [3.63, 3.8) is 0 Å². The van der Waals surface area contributed by atoms with Crippen LogP contribution in [0.4, 0.5) is 0 Å². The molecule has 0 heterocycles.